The lowest BCUT2D eigenvalue weighted by Crippen LogP contribution is -2.37. The molecule has 0 bridgehead atoms. The highest BCUT2D eigenvalue weighted by molar-refractivity contribution is 7.17. The number of hydrogen-bond donors (Lipinski definition) is 1. The third-order valence-corrected chi connectivity index (χ3v) is 5.87. The molecule has 2 aromatic heterocycles. The van der Waals surface area contributed by atoms with E-state index in [2.05, 4.69) is 32.7 Å². The third kappa shape index (κ3) is 4.27. The molecule has 0 unspecified atom stereocenters. The summed E-state index contributed by atoms with van der Waals surface area (Å²) in [5.41, 5.74) is 2.31. The van der Waals surface area contributed by atoms with E-state index in [1.54, 1.807) is 18.4 Å². The molecule has 148 valence electrons. The zero-order chi connectivity index (χ0) is 19.3. The molecule has 1 aliphatic rings. The number of aromatic nitrogens is 2. The Morgan fingerprint density at radius 2 is 1.96 bits per heavy atom. The van der Waals surface area contributed by atoms with Crippen molar-refractivity contribution in [2.45, 2.75) is 13.3 Å². The minimum absolute atomic E-state index is 0.798. The summed E-state index contributed by atoms with van der Waals surface area (Å²) >= 11 is 1.66. The van der Waals surface area contributed by atoms with Gasteiger partial charge >= 0.3 is 0 Å². The van der Waals surface area contributed by atoms with Crippen molar-refractivity contribution in [1.82, 2.24) is 14.9 Å². The van der Waals surface area contributed by atoms with Crippen LogP contribution in [0.5, 0.6) is 5.75 Å². The van der Waals surface area contributed by atoms with Crippen LogP contribution in [-0.2, 0) is 4.74 Å². The summed E-state index contributed by atoms with van der Waals surface area (Å²) in [7, 11) is 1.69. The Morgan fingerprint density at radius 3 is 2.71 bits per heavy atom. The molecule has 1 fully saturated rings. The largest absolute Gasteiger partial charge is 0.497 e. The highest BCUT2D eigenvalue weighted by Crippen LogP contribution is 2.37. The molecule has 1 aliphatic heterocycles. The molecule has 4 rings (SSSR count). The quantitative estimate of drug-likeness (QED) is 0.611. The van der Waals surface area contributed by atoms with Crippen molar-refractivity contribution in [3.05, 3.63) is 35.5 Å². The lowest BCUT2D eigenvalue weighted by molar-refractivity contribution is 0.0378. The molecule has 1 N–H and O–H groups in total. The number of nitrogens with one attached hydrogen (secondary N) is 1. The minimum Gasteiger partial charge on any atom is -0.497 e. The van der Waals surface area contributed by atoms with Gasteiger partial charge in [-0.1, -0.05) is 12.1 Å². The van der Waals surface area contributed by atoms with Gasteiger partial charge in [-0.05, 0) is 37.6 Å². The van der Waals surface area contributed by atoms with Crippen molar-refractivity contribution in [1.29, 1.82) is 0 Å². The van der Waals surface area contributed by atoms with Gasteiger partial charge in [0.2, 0.25) is 0 Å². The smallest absolute Gasteiger partial charge is 0.139 e. The van der Waals surface area contributed by atoms with Gasteiger partial charge in [0.15, 0.2) is 0 Å². The molecule has 0 amide bonds. The van der Waals surface area contributed by atoms with Gasteiger partial charge < -0.3 is 14.8 Å². The fraction of sp³-hybridized carbons (Fsp3) is 0.429. The van der Waals surface area contributed by atoms with E-state index in [0.717, 1.165) is 79.0 Å². The van der Waals surface area contributed by atoms with Crippen LogP contribution in [0.3, 0.4) is 0 Å². The molecule has 3 aromatic rings. The Hall–Kier alpha value is -2.22. The Kier molecular flexibility index (Phi) is 6.04. The van der Waals surface area contributed by atoms with Crippen molar-refractivity contribution < 1.29 is 9.47 Å². The molecule has 1 saturated heterocycles. The average molecular weight is 399 g/mol. The van der Waals surface area contributed by atoms with E-state index in [4.69, 9.17) is 14.5 Å². The van der Waals surface area contributed by atoms with E-state index in [9.17, 15) is 0 Å². The fourth-order valence-electron chi connectivity index (χ4n) is 3.49. The van der Waals surface area contributed by atoms with E-state index in [1.807, 2.05) is 19.1 Å². The van der Waals surface area contributed by atoms with Crippen molar-refractivity contribution in [2.24, 2.45) is 0 Å². The zero-order valence-electron chi connectivity index (χ0n) is 16.4. The second kappa shape index (κ2) is 8.86. The number of methoxy groups -OCH3 is 1. The number of aryl methyl sites for hydroxylation is 1. The van der Waals surface area contributed by atoms with E-state index in [0.29, 0.717) is 0 Å². The first kappa shape index (κ1) is 19.1. The summed E-state index contributed by atoms with van der Waals surface area (Å²) in [6.45, 7) is 7.68. The summed E-state index contributed by atoms with van der Waals surface area (Å²) in [6.07, 6.45) is 1.08. The van der Waals surface area contributed by atoms with Crippen LogP contribution in [0.1, 0.15) is 12.2 Å². The van der Waals surface area contributed by atoms with E-state index < -0.39 is 0 Å². The lowest BCUT2D eigenvalue weighted by atomic mass is 10.1. The number of anilines is 1. The van der Waals surface area contributed by atoms with Crippen LogP contribution in [-0.4, -0.2) is 61.4 Å². The Bertz CT molecular complexity index is 920. The summed E-state index contributed by atoms with van der Waals surface area (Å²) in [5, 5.41) is 6.83. The van der Waals surface area contributed by atoms with Crippen LogP contribution in [0.4, 0.5) is 5.82 Å². The Labute approximate surface area is 169 Å². The van der Waals surface area contributed by atoms with Crippen LogP contribution in [0.15, 0.2) is 29.6 Å². The minimum atomic E-state index is 0.798. The van der Waals surface area contributed by atoms with Gasteiger partial charge in [-0.3, -0.25) is 4.90 Å². The zero-order valence-corrected chi connectivity index (χ0v) is 17.2. The second-order valence-corrected chi connectivity index (χ2v) is 7.77. The van der Waals surface area contributed by atoms with Gasteiger partial charge in [0.25, 0.3) is 0 Å². The third-order valence-electron chi connectivity index (χ3n) is 4.99. The lowest BCUT2D eigenvalue weighted by Gasteiger charge is -2.26. The Morgan fingerprint density at radius 1 is 1.18 bits per heavy atom. The molecule has 1 aromatic carbocycles. The molecular weight excluding hydrogens is 372 g/mol. The number of thiophene rings is 1. The standard InChI is InChI=1S/C21H26N4O2S/c1-15-23-20(22-8-3-9-25-10-12-27-13-11-25)19-18(14-28-21(19)24-15)16-4-6-17(26-2)7-5-16/h4-7,14H,3,8-13H2,1-2H3,(H,22,23,24). The molecule has 0 spiro atoms. The van der Waals surface area contributed by atoms with Crippen LogP contribution >= 0.6 is 11.3 Å². The maximum atomic E-state index is 5.42. The molecule has 0 aliphatic carbocycles. The fourth-order valence-corrected chi connectivity index (χ4v) is 4.49. The topological polar surface area (TPSA) is 59.5 Å². The van der Waals surface area contributed by atoms with Gasteiger partial charge in [-0.25, -0.2) is 9.97 Å². The highest BCUT2D eigenvalue weighted by Gasteiger charge is 2.15. The molecule has 3 heterocycles. The Balaban J connectivity index is 1.52. The first-order valence-electron chi connectivity index (χ1n) is 9.69. The number of fused-ring (bicyclic) bond motifs is 1. The first-order chi connectivity index (χ1) is 13.7. The maximum absolute atomic E-state index is 5.42. The normalized spacial score (nSPS) is 15.1. The van der Waals surface area contributed by atoms with E-state index >= 15 is 0 Å². The number of rotatable bonds is 7. The maximum Gasteiger partial charge on any atom is 0.139 e. The first-order valence-corrected chi connectivity index (χ1v) is 10.6. The second-order valence-electron chi connectivity index (χ2n) is 6.91. The van der Waals surface area contributed by atoms with Gasteiger partial charge in [-0.2, -0.15) is 0 Å². The van der Waals surface area contributed by atoms with Crippen molar-refractivity contribution >= 4 is 27.4 Å². The van der Waals surface area contributed by atoms with E-state index in [1.165, 1.54) is 5.56 Å². The van der Waals surface area contributed by atoms with Crippen molar-refractivity contribution in [2.75, 3.05) is 51.8 Å². The summed E-state index contributed by atoms with van der Waals surface area (Å²) in [5.74, 6) is 2.58. The van der Waals surface area contributed by atoms with Crippen LogP contribution in [0, 0.1) is 6.92 Å². The van der Waals surface area contributed by atoms with Crippen molar-refractivity contribution in [3.63, 3.8) is 0 Å². The van der Waals surface area contributed by atoms with Gasteiger partial charge in [0, 0.05) is 30.6 Å². The van der Waals surface area contributed by atoms with Crippen LogP contribution < -0.4 is 10.1 Å². The summed E-state index contributed by atoms with van der Waals surface area (Å²) < 4.78 is 10.7. The number of ether oxygens (including phenoxy) is 2. The van der Waals surface area contributed by atoms with Gasteiger partial charge in [0.1, 0.15) is 22.2 Å². The highest BCUT2D eigenvalue weighted by atomic mass is 32.1. The molecule has 0 saturated carbocycles. The SMILES string of the molecule is COc1ccc(-c2csc3nc(C)nc(NCCCN4CCOCC4)c23)cc1. The molecule has 0 radical (unpaired) electrons. The summed E-state index contributed by atoms with van der Waals surface area (Å²) in [4.78, 5) is 12.8. The molecule has 6 nitrogen and oxygen atoms in total. The monoisotopic (exact) mass is 398 g/mol. The number of morpholine rings is 1. The molecule has 0 atom stereocenters. The summed E-state index contributed by atoms with van der Waals surface area (Å²) in [6, 6.07) is 8.15. The van der Waals surface area contributed by atoms with Crippen LogP contribution in [0.2, 0.25) is 0 Å². The van der Waals surface area contributed by atoms with Gasteiger partial charge in [-0.15, -0.1) is 11.3 Å². The van der Waals surface area contributed by atoms with Crippen molar-refractivity contribution in [3.8, 4) is 16.9 Å². The number of benzene rings is 1. The number of nitrogens with zero attached hydrogens (tertiary/aromatic N) is 3. The predicted molar refractivity (Wildman–Crippen MR) is 115 cm³/mol. The van der Waals surface area contributed by atoms with E-state index in [-0.39, 0.29) is 0 Å². The molecular formula is C21H26N4O2S. The predicted octanol–water partition coefficient (Wildman–Crippen LogP) is 3.81. The van der Waals surface area contributed by atoms with Crippen LogP contribution in [0.25, 0.3) is 21.3 Å². The molecule has 7 heteroatoms. The average Bonchev–Trinajstić information content (AvgIpc) is 3.16. The number of hydrogen-bond acceptors (Lipinski definition) is 7. The van der Waals surface area contributed by atoms with Gasteiger partial charge in [0.05, 0.1) is 25.7 Å². The molecule has 28 heavy (non-hydrogen) atoms.